The van der Waals surface area contributed by atoms with Crippen molar-refractivity contribution in [2.75, 3.05) is 11.9 Å². The van der Waals surface area contributed by atoms with E-state index < -0.39 is 0 Å². The van der Waals surface area contributed by atoms with E-state index in [1.54, 1.807) is 6.20 Å². The third-order valence-corrected chi connectivity index (χ3v) is 3.00. The summed E-state index contributed by atoms with van der Waals surface area (Å²) in [5, 5.41) is 6.78. The number of nitrogens with one attached hydrogen (secondary N) is 2. The van der Waals surface area contributed by atoms with Gasteiger partial charge in [-0.1, -0.05) is 18.2 Å². The van der Waals surface area contributed by atoms with Crippen LogP contribution in [0.3, 0.4) is 0 Å². The highest BCUT2D eigenvalue weighted by Crippen LogP contribution is 2.08. The van der Waals surface area contributed by atoms with Crippen molar-refractivity contribution in [3.05, 3.63) is 54.2 Å². The second-order valence-electron chi connectivity index (χ2n) is 4.84. The third kappa shape index (κ3) is 5.39. The van der Waals surface area contributed by atoms with Gasteiger partial charge in [-0.25, -0.2) is 4.98 Å². The molecule has 0 spiro atoms. The Hall–Kier alpha value is -2.14. The maximum absolute atomic E-state index is 5.67. The maximum atomic E-state index is 5.67. The molecule has 1 aromatic carbocycles. The second kappa shape index (κ2) is 7.59. The van der Waals surface area contributed by atoms with Gasteiger partial charge in [-0.05, 0) is 55.9 Å². The summed E-state index contributed by atoms with van der Waals surface area (Å²) in [6, 6.07) is 13.7. The summed E-state index contributed by atoms with van der Waals surface area (Å²) < 4.78 is 5.67. The van der Waals surface area contributed by atoms with Crippen LogP contribution in [0.25, 0.3) is 0 Å². The standard InChI is InChI=1S/C16H19N3OS/c1-12-8-9-17-15(10-12)19-16(21)18-13(2)11-20-14-6-4-3-5-7-14/h3-10,13H,11H2,1-2H3,(H2,17,18,19,21)/t13-/m0/s1. The van der Waals surface area contributed by atoms with Gasteiger partial charge < -0.3 is 15.4 Å². The van der Waals surface area contributed by atoms with Gasteiger partial charge in [0.1, 0.15) is 18.2 Å². The molecule has 0 aliphatic rings. The number of rotatable bonds is 5. The molecule has 0 aliphatic heterocycles. The van der Waals surface area contributed by atoms with E-state index in [9.17, 15) is 0 Å². The number of hydrogen-bond donors (Lipinski definition) is 2. The van der Waals surface area contributed by atoms with Crippen LogP contribution < -0.4 is 15.4 Å². The Morgan fingerprint density at radius 3 is 2.76 bits per heavy atom. The lowest BCUT2D eigenvalue weighted by molar-refractivity contribution is 0.287. The second-order valence-corrected chi connectivity index (χ2v) is 5.25. The fraction of sp³-hybridized carbons (Fsp3) is 0.250. The van der Waals surface area contributed by atoms with Crippen LogP contribution in [0.15, 0.2) is 48.7 Å². The number of anilines is 1. The highest BCUT2D eigenvalue weighted by molar-refractivity contribution is 7.80. The lowest BCUT2D eigenvalue weighted by Crippen LogP contribution is -2.39. The summed E-state index contributed by atoms with van der Waals surface area (Å²) in [7, 11) is 0. The fourth-order valence-corrected chi connectivity index (χ4v) is 2.07. The van der Waals surface area contributed by atoms with Gasteiger partial charge in [0.2, 0.25) is 0 Å². The maximum Gasteiger partial charge on any atom is 0.172 e. The lowest BCUT2D eigenvalue weighted by Gasteiger charge is -2.17. The minimum Gasteiger partial charge on any atom is -0.491 e. The summed E-state index contributed by atoms with van der Waals surface area (Å²) in [5.74, 6) is 1.59. The molecule has 110 valence electrons. The van der Waals surface area contributed by atoms with Crippen LogP contribution >= 0.6 is 12.2 Å². The first-order valence-corrected chi connectivity index (χ1v) is 7.22. The molecule has 5 heteroatoms. The molecule has 0 saturated heterocycles. The van der Waals surface area contributed by atoms with Crippen LogP contribution in [-0.4, -0.2) is 22.7 Å². The summed E-state index contributed by atoms with van der Waals surface area (Å²) >= 11 is 5.27. The van der Waals surface area contributed by atoms with E-state index in [2.05, 4.69) is 15.6 Å². The van der Waals surface area contributed by atoms with Crippen molar-refractivity contribution in [3.8, 4) is 5.75 Å². The van der Waals surface area contributed by atoms with E-state index in [-0.39, 0.29) is 6.04 Å². The molecule has 1 atom stereocenters. The Morgan fingerprint density at radius 2 is 2.05 bits per heavy atom. The van der Waals surface area contributed by atoms with Gasteiger partial charge in [0.05, 0.1) is 6.04 Å². The van der Waals surface area contributed by atoms with Crippen molar-refractivity contribution in [1.82, 2.24) is 10.3 Å². The van der Waals surface area contributed by atoms with Gasteiger partial charge in [0.25, 0.3) is 0 Å². The first-order chi connectivity index (χ1) is 10.1. The van der Waals surface area contributed by atoms with Gasteiger partial charge in [0.15, 0.2) is 5.11 Å². The Labute approximate surface area is 130 Å². The predicted octanol–water partition coefficient (Wildman–Crippen LogP) is 3.14. The number of aromatic nitrogens is 1. The smallest absolute Gasteiger partial charge is 0.172 e. The first-order valence-electron chi connectivity index (χ1n) is 6.81. The van der Waals surface area contributed by atoms with E-state index >= 15 is 0 Å². The topological polar surface area (TPSA) is 46.2 Å². The molecule has 0 bridgehead atoms. The predicted molar refractivity (Wildman–Crippen MR) is 89.7 cm³/mol. The quantitative estimate of drug-likeness (QED) is 0.831. The highest BCUT2D eigenvalue weighted by Gasteiger charge is 2.06. The van der Waals surface area contributed by atoms with Crippen molar-refractivity contribution in [3.63, 3.8) is 0 Å². The molecule has 0 aliphatic carbocycles. The van der Waals surface area contributed by atoms with Crippen LogP contribution in [0, 0.1) is 6.92 Å². The Kier molecular flexibility index (Phi) is 5.51. The molecule has 0 amide bonds. The van der Waals surface area contributed by atoms with Crippen LogP contribution in [0.1, 0.15) is 12.5 Å². The van der Waals surface area contributed by atoms with Gasteiger partial charge >= 0.3 is 0 Å². The molecule has 0 saturated carbocycles. The number of thiocarbonyl (C=S) groups is 1. The summed E-state index contributed by atoms with van der Waals surface area (Å²) in [6.07, 6.45) is 1.75. The van der Waals surface area contributed by atoms with E-state index in [1.807, 2.05) is 56.3 Å². The summed E-state index contributed by atoms with van der Waals surface area (Å²) in [5.41, 5.74) is 1.13. The Bertz CT molecular complexity index is 589. The van der Waals surface area contributed by atoms with Crippen molar-refractivity contribution in [2.24, 2.45) is 0 Å². The van der Waals surface area contributed by atoms with Crippen molar-refractivity contribution >= 4 is 23.1 Å². The average molecular weight is 301 g/mol. The molecule has 0 radical (unpaired) electrons. The SMILES string of the molecule is Cc1ccnc(NC(=S)N[C@@H](C)COc2ccccc2)c1. The van der Waals surface area contributed by atoms with Crippen LogP contribution in [0.2, 0.25) is 0 Å². The minimum atomic E-state index is 0.0926. The van der Waals surface area contributed by atoms with Gasteiger partial charge in [0, 0.05) is 6.20 Å². The average Bonchev–Trinajstić information content (AvgIpc) is 2.46. The molecule has 1 heterocycles. The molecule has 0 unspecified atom stereocenters. The normalized spacial score (nSPS) is 11.5. The highest BCUT2D eigenvalue weighted by atomic mass is 32.1. The molecule has 0 fully saturated rings. The largest absolute Gasteiger partial charge is 0.491 e. The number of nitrogens with zero attached hydrogens (tertiary/aromatic N) is 1. The molecule has 2 N–H and O–H groups in total. The zero-order valence-electron chi connectivity index (χ0n) is 12.2. The zero-order chi connectivity index (χ0) is 15.1. The van der Waals surface area contributed by atoms with Crippen molar-refractivity contribution < 1.29 is 4.74 Å². The zero-order valence-corrected chi connectivity index (χ0v) is 13.0. The number of pyridine rings is 1. The molecule has 2 aromatic rings. The first kappa shape index (κ1) is 15.3. The van der Waals surface area contributed by atoms with E-state index in [1.165, 1.54) is 0 Å². The Morgan fingerprint density at radius 1 is 1.29 bits per heavy atom. The van der Waals surface area contributed by atoms with Crippen LogP contribution in [-0.2, 0) is 0 Å². The van der Waals surface area contributed by atoms with Gasteiger partial charge in [-0.2, -0.15) is 0 Å². The van der Waals surface area contributed by atoms with Gasteiger partial charge in [-0.3, -0.25) is 0 Å². The number of benzene rings is 1. The molecular weight excluding hydrogens is 282 g/mol. The molecule has 21 heavy (non-hydrogen) atoms. The van der Waals surface area contributed by atoms with Crippen LogP contribution in [0.5, 0.6) is 5.75 Å². The summed E-state index contributed by atoms with van der Waals surface area (Å²) in [4.78, 5) is 4.21. The minimum absolute atomic E-state index is 0.0926. The third-order valence-electron chi connectivity index (χ3n) is 2.78. The van der Waals surface area contributed by atoms with E-state index in [0.717, 1.165) is 17.1 Å². The molecule has 4 nitrogen and oxygen atoms in total. The van der Waals surface area contributed by atoms with Crippen molar-refractivity contribution in [2.45, 2.75) is 19.9 Å². The molecule has 1 aromatic heterocycles. The van der Waals surface area contributed by atoms with Crippen LogP contribution in [0.4, 0.5) is 5.82 Å². The van der Waals surface area contributed by atoms with Gasteiger partial charge in [-0.15, -0.1) is 0 Å². The number of aryl methyl sites for hydroxylation is 1. The molecule has 2 rings (SSSR count). The summed E-state index contributed by atoms with van der Waals surface area (Å²) in [6.45, 7) is 4.56. The fourth-order valence-electron chi connectivity index (χ4n) is 1.76. The van der Waals surface area contributed by atoms with Crippen molar-refractivity contribution in [1.29, 1.82) is 0 Å². The number of para-hydroxylation sites is 1. The van der Waals surface area contributed by atoms with E-state index in [4.69, 9.17) is 17.0 Å². The molecular formula is C16H19N3OS. The lowest BCUT2D eigenvalue weighted by atomic mass is 10.3. The van der Waals surface area contributed by atoms with E-state index in [0.29, 0.717) is 11.7 Å². The number of hydrogen-bond acceptors (Lipinski definition) is 3. The monoisotopic (exact) mass is 301 g/mol. The Balaban J connectivity index is 1.77. The number of ether oxygens (including phenoxy) is 1.